The van der Waals surface area contributed by atoms with E-state index in [4.69, 9.17) is 4.74 Å². The minimum atomic E-state index is -0.685. The second-order valence-electron chi connectivity index (χ2n) is 5.50. The monoisotopic (exact) mass is 311 g/mol. The second-order valence-corrected chi connectivity index (χ2v) is 6.64. The van der Waals surface area contributed by atoms with Crippen molar-refractivity contribution >= 4 is 17.7 Å². The summed E-state index contributed by atoms with van der Waals surface area (Å²) < 4.78 is 18.8. The first-order valence-electron chi connectivity index (χ1n) is 7.37. The Kier molecular flexibility index (Phi) is 5.65. The number of thioether (sulfide) groups is 1. The van der Waals surface area contributed by atoms with Crippen LogP contribution in [0.25, 0.3) is 0 Å². The summed E-state index contributed by atoms with van der Waals surface area (Å²) in [4.78, 5) is 12.8. The Morgan fingerprint density at radius 3 is 2.81 bits per heavy atom. The molecule has 1 aromatic rings. The van der Waals surface area contributed by atoms with Crippen LogP contribution in [0.15, 0.2) is 29.2 Å². The summed E-state index contributed by atoms with van der Waals surface area (Å²) >= 11 is 1.43. The second kappa shape index (κ2) is 7.27. The molecule has 21 heavy (non-hydrogen) atoms. The lowest BCUT2D eigenvalue weighted by molar-refractivity contribution is -0.150. The smallest absolute Gasteiger partial charge is 0.326 e. The number of hydrogen-bond donors (Lipinski definition) is 1. The van der Waals surface area contributed by atoms with Crippen molar-refractivity contribution in [3.63, 3.8) is 0 Å². The molecule has 1 N–H and O–H groups in total. The average molecular weight is 311 g/mol. The van der Waals surface area contributed by atoms with Crippen molar-refractivity contribution in [1.29, 1.82) is 0 Å². The lowest BCUT2D eigenvalue weighted by atomic mass is 9.99. The van der Waals surface area contributed by atoms with Crippen LogP contribution in [-0.2, 0) is 9.53 Å². The molecule has 0 bridgehead atoms. The number of carbonyl (C=O) groups excluding carboxylic acids is 1. The number of ether oxygens (including phenoxy) is 1. The molecule has 0 aromatic heterocycles. The zero-order chi connectivity index (χ0) is 15.3. The van der Waals surface area contributed by atoms with Crippen LogP contribution in [0, 0.1) is 5.82 Å². The number of benzene rings is 1. The molecule has 0 heterocycles. The first kappa shape index (κ1) is 16.3. The Hall–Kier alpha value is -1.07. The van der Waals surface area contributed by atoms with Crippen molar-refractivity contribution in [2.75, 3.05) is 12.4 Å². The molecule has 116 valence electrons. The number of rotatable bonds is 8. The van der Waals surface area contributed by atoms with Gasteiger partial charge in [0.15, 0.2) is 0 Å². The van der Waals surface area contributed by atoms with Crippen molar-refractivity contribution in [2.45, 2.75) is 49.6 Å². The van der Waals surface area contributed by atoms with E-state index in [2.05, 4.69) is 5.32 Å². The summed E-state index contributed by atoms with van der Waals surface area (Å²) in [7, 11) is 0. The predicted molar refractivity (Wildman–Crippen MR) is 82.9 cm³/mol. The molecule has 0 amide bonds. The van der Waals surface area contributed by atoms with Gasteiger partial charge in [0.1, 0.15) is 11.4 Å². The van der Waals surface area contributed by atoms with Gasteiger partial charge in [0, 0.05) is 16.7 Å². The minimum absolute atomic E-state index is 0.213. The van der Waals surface area contributed by atoms with Gasteiger partial charge in [0.05, 0.1) is 6.61 Å². The first-order chi connectivity index (χ1) is 10.0. The molecule has 0 aliphatic heterocycles. The number of halogens is 1. The average Bonchev–Trinajstić information content (AvgIpc) is 3.25. The lowest BCUT2D eigenvalue weighted by Gasteiger charge is -2.28. The van der Waals surface area contributed by atoms with Gasteiger partial charge in [-0.3, -0.25) is 10.1 Å². The van der Waals surface area contributed by atoms with Crippen LogP contribution in [0.3, 0.4) is 0 Å². The summed E-state index contributed by atoms with van der Waals surface area (Å²) in [5.41, 5.74) is -0.685. The van der Waals surface area contributed by atoms with Gasteiger partial charge in [-0.1, -0.05) is 12.1 Å². The van der Waals surface area contributed by atoms with Crippen LogP contribution in [0.2, 0.25) is 0 Å². The molecule has 1 aromatic carbocycles. The van der Waals surface area contributed by atoms with Gasteiger partial charge in [0.25, 0.3) is 0 Å². The third-order valence-electron chi connectivity index (χ3n) is 3.52. The Morgan fingerprint density at radius 2 is 2.19 bits per heavy atom. The van der Waals surface area contributed by atoms with Crippen LogP contribution in [0.5, 0.6) is 0 Å². The summed E-state index contributed by atoms with van der Waals surface area (Å²) in [6.45, 7) is 4.07. The maximum absolute atomic E-state index is 13.6. The third-order valence-corrected chi connectivity index (χ3v) is 4.57. The number of esters is 1. The maximum atomic E-state index is 13.6. The molecule has 1 atom stereocenters. The highest BCUT2D eigenvalue weighted by molar-refractivity contribution is 7.99. The molecular formula is C16H22FNO2S. The van der Waals surface area contributed by atoms with E-state index < -0.39 is 5.54 Å². The summed E-state index contributed by atoms with van der Waals surface area (Å²) in [5.74, 6) is 0.234. The van der Waals surface area contributed by atoms with Crippen molar-refractivity contribution in [2.24, 2.45) is 0 Å². The van der Waals surface area contributed by atoms with Gasteiger partial charge in [0.2, 0.25) is 0 Å². The van der Waals surface area contributed by atoms with Gasteiger partial charge in [-0.05, 0) is 45.2 Å². The quantitative estimate of drug-likeness (QED) is 0.590. The Morgan fingerprint density at radius 1 is 1.48 bits per heavy atom. The van der Waals surface area contributed by atoms with E-state index in [1.807, 2.05) is 19.9 Å². The molecule has 0 spiro atoms. The van der Waals surface area contributed by atoms with E-state index in [0.29, 0.717) is 29.7 Å². The fourth-order valence-electron chi connectivity index (χ4n) is 2.13. The van der Waals surface area contributed by atoms with Crippen LogP contribution in [0.1, 0.15) is 33.1 Å². The molecule has 2 rings (SSSR count). The Bertz CT molecular complexity index is 493. The van der Waals surface area contributed by atoms with Gasteiger partial charge >= 0.3 is 5.97 Å². The highest BCUT2D eigenvalue weighted by Crippen LogP contribution is 2.28. The molecular weight excluding hydrogens is 289 g/mol. The highest BCUT2D eigenvalue weighted by Gasteiger charge is 2.39. The van der Waals surface area contributed by atoms with E-state index in [9.17, 15) is 9.18 Å². The number of carbonyl (C=O) groups is 1. The van der Waals surface area contributed by atoms with Crippen molar-refractivity contribution in [3.8, 4) is 0 Å². The molecule has 3 nitrogen and oxygen atoms in total. The number of hydrogen-bond acceptors (Lipinski definition) is 4. The first-order valence-corrected chi connectivity index (χ1v) is 8.36. The molecule has 1 unspecified atom stereocenters. The Labute approximate surface area is 129 Å². The van der Waals surface area contributed by atoms with E-state index in [1.54, 1.807) is 12.1 Å². The standard InChI is InChI=1S/C16H22FNO2S/c1-3-20-15(19)16(2,18-12-8-9-12)10-11-21-14-7-5-4-6-13(14)17/h4-7,12,18H,3,8-11H2,1-2H3. The van der Waals surface area contributed by atoms with Crippen LogP contribution < -0.4 is 5.32 Å². The summed E-state index contributed by atoms with van der Waals surface area (Å²) in [6, 6.07) is 7.12. The van der Waals surface area contributed by atoms with Gasteiger partial charge in [-0.2, -0.15) is 0 Å². The third kappa shape index (κ3) is 4.71. The van der Waals surface area contributed by atoms with Crippen molar-refractivity contribution in [1.82, 2.24) is 5.32 Å². The lowest BCUT2D eigenvalue weighted by Crippen LogP contribution is -2.51. The summed E-state index contributed by atoms with van der Waals surface area (Å²) in [6.07, 6.45) is 2.83. The van der Waals surface area contributed by atoms with Gasteiger partial charge < -0.3 is 4.74 Å². The molecule has 1 fully saturated rings. The Balaban J connectivity index is 1.92. The van der Waals surface area contributed by atoms with E-state index in [1.165, 1.54) is 17.8 Å². The van der Waals surface area contributed by atoms with E-state index in [0.717, 1.165) is 12.8 Å². The van der Waals surface area contributed by atoms with E-state index in [-0.39, 0.29) is 11.8 Å². The van der Waals surface area contributed by atoms with E-state index >= 15 is 0 Å². The fraction of sp³-hybridized carbons (Fsp3) is 0.562. The predicted octanol–water partition coefficient (Wildman–Crippen LogP) is 3.38. The van der Waals surface area contributed by atoms with Crippen LogP contribution >= 0.6 is 11.8 Å². The number of nitrogens with one attached hydrogen (secondary N) is 1. The highest BCUT2D eigenvalue weighted by atomic mass is 32.2. The largest absolute Gasteiger partial charge is 0.465 e. The summed E-state index contributed by atoms with van der Waals surface area (Å²) in [5, 5.41) is 3.37. The van der Waals surface area contributed by atoms with Crippen molar-refractivity contribution in [3.05, 3.63) is 30.1 Å². The molecule has 0 saturated heterocycles. The molecule has 1 aliphatic rings. The fourth-order valence-corrected chi connectivity index (χ4v) is 3.24. The topological polar surface area (TPSA) is 38.3 Å². The minimum Gasteiger partial charge on any atom is -0.465 e. The molecule has 0 radical (unpaired) electrons. The molecule has 5 heteroatoms. The van der Waals surface area contributed by atoms with Crippen LogP contribution in [0.4, 0.5) is 4.39 Å². The van der Waals surface area contributed by atoms with Crippen molar-refractivity contribution < 1.29 is 13.9 Å². The SMILES string of the molecule is CCOC(=O)C(C)(CCSc1ccccc1F)NC1CC1. The maximum Gasteiger partial charge on any atom is 0.326 e. The van der Waals surface area contributed by atoms with Gasteiger partial charge in [-0.15, -0.1) is 11.8 Å². The molecule has 1 saturated carbocycles. The van der Waals surface area contributed by atoms with Gasteiger partial charge in [-0.25, -0.2) is 4.39 Å². The zero-order valence-corrected chi connectivity index (χ0v) is 13.3. The normalized spacial score (nSPS) is 17.3. The van der Waals surface area contributed by atoms with Crippen LogP contribution in [-0.4, -0.2) is 29.9 Å². The zero-order valence-electron chi connectivity index (χ0n) is 12.5. The molecule has 1 aliphatic carbocycles.